The molecule has 3 heterocycles. The third-order valence-corrected chi connectivity index (χ3v) is 4.60. The molecule has 1 amide bonds. The predicted octanol–water partition coefficient (Wildman–Crippen LogP) is 3.20. The Bertz CT molecular complexity index is 924. The summed E-state index contributed by atoms with van der Waals surface area (Å²) in [6.07, 6.45) is -0.321. The highest BCUT2D eigenvalue weighted by Crippen LogP contribution is 2.30. The molecule has 1 saturated heterocycles. The molecule has 3 aliphatic heterocycles. The van der Waals surface area contributed by atoms with E-state index < -0.39 is 12.0 Å². The Balaban J connectivity index is 1.48. The molecule has 0 aliphatic carbocycles. The van der Waals surface area contributed by atoms with E-state index in [-0.39, 0.29) is 17.5 Å². The van der Waals surface area contributed by atoms with Gasteiger partial charge < -0.3 is 4.90 Å². The van der Waals surface area contributed by atoms with E-state index in [9.17, 15) is 18.0 Å². The third kappa shape index (κ3) is 3.44. The normalized spacial score (nSPS) is 21.8. The molecule has 1 fully saturated rings. The van der Waals surface area contributed by atoms with Crippen molar-refractivity contribution < 1.29 is 18.0 Å². The molecule has 4 rings (SSSR count). The van der Waals surface area contributed by atoms with Crippen molar-refractivity contribution in [2.24, 2.45) is 10.1 Å². The van der Waals surface area contributed by atoms with Gasteiger partial charge in [-0.15, -0.1) is 0 Å². The Kier molecular flexibility index (Phi) is 4.20. The van der Waals surface area contributed by atoms with E-state index >= 15 is 0 Å². The molecule has 0 radical (unpaired) electrons. The van der Waals surface area contributed by atoms with Crippen molar-refractivity contribution in [2.75, 3.05) is 13.1 Å². The van der Waals surface area contributed by atoms with Gasteiger partial charge in [-0.2, -0.15) is 18.3 Å². The highest BCUT2D eigenvalue weighted by Gasteiger charge is 2.42. The topological polar surface area (TPSA) is 48.3 Å². The second-order valence-corrected chi connectivity index (χ2v) is 6.47. The lowest BCUT2D eigenvalue weighted by Crippen LogP contribution is -2.39. The van der Waals surface area contributed by atoms with Gasteiger partial charge in [-0.1, -0.05) is 36.1 Å². The molecule has 138 valence electrons. The summed E-state index contributed by atoms with van der Waals surface area (Å²) < 4.78 is 39.0. The molecule has 8 heteroatoms. The molecule has 5 nitrogen and oxygen atoms in total. The zero-order valence-electron chi connectivity index (χ0n) is 14.1. The summed E-state index contributed by atoms with van der Waals surface area (Å²) in [5, 5.41) is 4.57. The summed E-state index contributed by atoms with van der Waals surface area (Å²) in [7, 11) is 0. The Morgan fingerprint density at radius 1 is 1.22 bits per heavy atom. The molecule has 0 saturated carbocycles. The fourth-order valence-electron chi connectivity index (χ4n) is 3.33. The van der Waals surface area contributed by atoms with Crippen LogP contribution in [0, 0.1) is 0 Å². The van der Waals surface area contributed by atoms with Crippen LogP contribution in [0.15, 0.2) is 69.7 Å². The maximum Gasteiger partial charge on any atom is 0.451 e. The van der Waals surface area contributed by atoms with Crippen LogP contribution >= 0.6 is 0 Å². The average molecular weight is 372 g/mol. The van der Waals surface area contributed by atoms with Gasteiger partial charge in [0.25, 0.3) is 0 Å². The summed E-state index contributed by atoms with van der Waals surface area (Å²) in [5.74, 6) is -0.968. The van der Waals surface area contributed by atoms with Gasteiger partial charge in [0, 0.05) is 25.4 Å². The van der Waals surface area contributed by atoms with Gasteiger partial charge in [0.15, 0.2) is 0 Å². The molecule has 0 N–H and O–H groups in total. The quantitative estimate of drug-likeness (QED) is 0.765. The first-order valence-electron chi connectivity index (χ1n) is 8.39. The standard InChI is InChI=1S/C19H15F3N4O/c20-19(21,22)18-23-7-6-16-8-13(10-24-26(16)18)11-25-12-15(9-17(25)27)14-4-2-1-3-5-14/h1-5,7-8,10,15H,9,11-12H2. The third-order valence-electron chi connectivity index (χ3n) is 4.60. The van der Waals surface area contributed by atoms with Crippen LogP contribution in [0.3, 0.4) is 0 Å². The number of likely N-dealkylation sites (tertiary alicyclic amines) is 1. The van der Waals surface area contributed by atoms with Crippen molar-refractivity contribution >= 4 is 18.0 Å². The van der Waals surface area contributed by atoms with Gasteiger partial charge in [0.05, 0.1) is 12.4 Å². The summed E-state index contributed by atoms with van der Waals surface area (Å²) in [6, 6.07) is 9.80. The van der Waals surface area contributed by atoms with Crippen molar-refractivity contribution in [3.63, 3.8) is 0 Å². The van der Waals surface area contributed by atoms with E-state index in [1.54, 1.807) is 11.0 Å². The van der Waals surface area contributed by atoms with Crippen LogP contribution in [0.1, 0.15) is 17.9 Å². The highest BCUT2D eigenvalue weighted by molar-refractivity contribution is 5.94. The second kappa shape index (κ2) is 6.55. The number of halogens is 3. The van der Waals surface area contributed by atoms with Crippen LogP contribution in [0.4, 0.5) is 13.2 Å². The monoisotopic (exact) mass is 372 g/mol. The largest absolute Gasteiger partial charge is 0.451 e. The van der Waals surface area contributed by atoms with Gasteiger partial charge >= 0.3 is 6.18 Å². The fourth-order valence-corrected chi connectivity index (χ4v) is 3.33. The summed E-state index contributed by atoms with van der Waals surface area (Å²) in [5.41, 5.74) is 4.57. The van der Waals surface area contributed by atoms with E-state index in [0.717, 1.165) is 11.8 Å². The first-order valence-corrected chi connectivity index (χ1v) is 8.39. The number of hydrogen-bond donors (Lipinski definition) is 0. The predicted molar refractivity (Wildman–Crippen MR) is 93.9 cm³/mol. The number of carbonyl (C=O) groups is 1. The molecule has 1 aromatic rings. The average Bonchev–Trinajstić information content (AvgIpc) is 3.01. The minimum Gasteiger partial charge on any atom is -0.338 e. The van der Waals surface area contributed by atoms with Crippen molar-refractivity contribution in [3.05, 3.63) is 65.2 Å². The van der Waals surface area contributed by atoms with E-state index in [2.05, 4.69) is 15.8 Å². The van der Waals surface area contributed by atoms with Crippen molar-refractivity contribution in [2.45, 2.75) is 18.5 Å². The number of fused-ring (bicyclic) bond motifs is 1. The number of rotatable bonds is 3. The Morgan fingerprint density at radius 2 is 2.00 bits per heavy atom. The summed E-state index contributed by atoms with van der Waals surface area (Å²) in [4.78, 5) is 17.4. The van der Waals surface area contributed by atoms with Gasteiger partial charge in [0.1, 0.15) is 5.70 Å². The molecule has 0 spiro atoms. The van der Waals surface area contributed by atoms with E-state index in [1.165, 1.54) is 6.21 Å². The number of carbonyl (C=O) groups excluding carboxylic acids is 1. The second-order valence-electron chi connectivity index (χ2n) is 6.47. The zero-order chi connectivity index (χ0) is 19.0. The van der Waals surface area contributed by atoms with Crippen molar-refractivity contribution in [3.8, 4) is 0 Å². The SMILES string of the molecule is O=C1CC(c2ccccc2)CN1CC1=CC2=C=CN=C(C(F)(F)F)N2N=C1. The maximum atomic E-state index is 13.0. The molecule has 0 aromatic heterocycles. The lowest BCUT2D eigenvalue weighted by Gasteiger charge is -2.27. The zero-order valence-corrected chi connectivity index (χ0v) is 14.1. The van der Waals surface area contributed by atoms with Crippen molar-refractivity contribution in [1.29, 1.82) is 0 Å². The molecule has 1 atom stereocenters. The Morgan fingerprint density at radius 3 is 2.74 bits per heavy atom. The van der Waals surface area contributed by atoms with Crippen LogP contribution < -0.4 is 0 Å². The maximum absolute atomic E-state index is 13.0. The van der Waals surface area contributed by atoms with Crippen LogP contribution in [0.5, 0.6) is 0 Å². The number of allylic oxidation sites excluding steroid dienone is 1. The van der Waals surface area contributed by atoms with Gasteiger partial charge in [0.2, 0.25) is 11.7 Å². The smallest absolute Gasteiger partial charge is 0.338 e. The fraction of sp³-hybridized carbons (Fsp3) is 0.263. The van der Waals surface area contributed by atoms with Gasteiger partial charge in [-0.25, -0.2) is 10.0 Å². The van der Waals surface area contributed by atoms with Crippen LogP contribution in [0.25, 0.3) is 0 Å². The van der Waals surface area contributed by atoms with Crippen LogP contribution in [-0.4, -0.2) is 47.1 Å². The first-order chi connectivity index (χ1) is 12.9. The number of hydrogen-bond acceptors (Lipinski definition) is 4. The minimum absolute atomic E-state index is 0.0197. The molecular formula is C19H15F3N4O. The van der Waals surface area contributed by atoms with Gasteiger partial charge in [-0.05, 0) is 17.2 Å². The van der Waals surface area contributed by atoms with Crippen LogP contribution in [-0.2, 0) is 4.79 Å². The van der Waals surface area contributed by atoms with E-state index in [4.69, 9.17) is 0 Å². The lowest BCUT2D eigenvalue weighted by molar-refractivity contribution is -0.127. The number of amidine groups is 1. The molecule has 27 heavy (non-hydrogen) atoms. The number of amides is 1. The molecular weight excluding hydrogens is 357 g/mol. The number of nitrogens with zero attached hydrogens (tertiary/aromatic N) is 4. The number of alkyl halides is 3. The summed E-state index contributed by atoms with van der Waals surface area (Å²) in [6.45, 7) is 0.866. The number of hydrazone groups is 1. The van der Waals surface area contributed by atoms with E-state index in [0.29, 0.717) is 30.1 Å². The molecule has 3 aliphatic rings. The number of benzene rings is 1. The molecule has 1 unspecified atom stereocenters. The first kappa shape index (κ1) is 17.3. The van der Waals surface area contributed by atoms with E-state index in [1.807, 2.05) is 30.3 Å². The highest BCUT2D eigenvalue weighted by atomic mass is 19.4. The summed E-state index contributed by atoms with van der Waals surface area (Å²) >= 11 is 0. The Labute approximate surface area is 153 Å². The number of aliphatic imine (C=N–C) groups is 1. The molecule has 1 aromatic carbocycles. The van der Waals surface area contributed by atoms with Gasteiger partial charge in [-0.3, -0.25) is 4.79 Å². The lowest BCUT2D eigenvalue weighted by atomic mass is 9.98. The van der Waals surface area contributed by atoms with Crippen LogP contribution in [0.2, 0.25) is 0 Å². The minimum atomic E-state index is -4.61. The Hall–Kier alpha value is -3.12. The molecule has 0 bridgehead atoms. The van der Waals surface area contributed by atoms with Crippen molar-refractivity contribution in [1.82, 2.24) is 9.91 Å².